The van der Waals surface area contributed by atoms with Gasteiger partial charge in [-0.25, -0.2) is 0 Å². The van der Waals surface area contributed by atoms with E-state index in [9.17, 15) is 0 Å². The van der Waals surface area contributed by atoms with Gasteiger partial charge in [0, 0.05) is 0 Å². The van der Waals surface area contributed by atoms with Crippen molar-refractivity contribution in [2.45, 2.75) is 142 Å². The predicted molar refractivity (Wildman–Crippen MR) is 131 cm³/mol. The number of rotatable bonds is 23. The van der Waals surface area contributed by atoms with Crippen molar-refractivity contribution >= 4 is 0 Å². The van der Waals surface area contributed by atoms with Crippen LogP contribution in [0.2, 0.25) is 0 Å². The van der Waals surface area contributed by atoms with Gasteiger partial charge in [-0.1, -0.05) is 129 Å². The Morgan fingerprint density at radius 1 is 0.464 bits per heavy atom. The standard InChI is InChI=1S/C28H54/c1-5-7-9-11-13-15-17-19-21-23-25-28(27(3)4)26-24-22-20-18-16-14-12-10-8-6-2/h5-6,27-28H,1-2,7-26H2,3-4H3. The molecule has 0 bridgehead atoms. The van der Waals surface area contributed by atoms with Gasteiger partial charge in [-0.3, -0.25) is 0 Å². The topological polar surface area (TPSA) is 0 Å². The van der Waals surface area contributed by atoms with Crippen LogP contribution in [0.4, 0.5) is 0 Å². The Morgan fingerprint density at radius 3 is 1.04 bits per heavy atom. The van der Waals surface area contributed by atoms with Crippen LogP contribution in [-0.4, -0.2) is 0 Å². The highest BCUT2D eigenvalue weighted by atomic mass is 14.2. The van der Waals surface area contributed by atoms with Gasteiger partial charge in [0.1, 0.15) is 0 Å². The van der Waals surface area contributed by atoms with Gasteiger partial charge < -0.3 is 0 Å². The first-order valence-electron chi connectivity index (χ1n) is 12.9. The minimum Gasteiger partial charge on any atom is -0.103 e. The molecule has 0 aliphatic heterocycles. The van der Waals surface area contributed by atoms with Gasteiger partial charge in [-0.05, 0) is 37.5 Å². The zero-order valence-electron chi connectivity index (χ0n) is 19.9. The number of unbranched alkanes of at least 4 members (excludes halogenated alkanes) is 16. The Labute approximate surface area is 179 Å². The predicted octanol–water partition coefficient (Wildman–Crippen LogP) is 10.4. The number of hydrogen-bond acceptors (Lipinski definition) is 0. The summed E-state index contributed by atoms with van der Waals surface area (Å²) in [5.74, 6) is 1.84. The third-order valence-corrected chi connectivity index (χ3v) is 6.41. The number of hydrogen-bond donors (Lipinski definition) is 0. The van der Waals surface area contributed by atoms with Crippen LogP contribution in [0.15, 0.2) is 25.3 Å². The average molecular weight is 391 g/mol. The lowest BCUT2D eigenvalue weighted by Crippen LogP contribution is -2.08. The van der Waals surface area contributed by atoms with Crippen LogP contribution in [0.3, 0.4) is 0 Å². The maximum absolute atomic E-state index is 3.80. The molecular weight excluding hydrogens is 336 g/mol. The van der Waals surface area contributed by atoms with E-state index in [1.807, 2.05) is 0 Å². The quantitative estimate of drug-likeness (QED) is 0.120. The third-order valence-electron chi connectivity index (χ3n) is 6.41. The molecule has 0 amide bonds. The molecule has 0 saturated heterocycles. The summed E-state index contributed by atoms with van der Waals surface area (Å²) in [6.07, 6.45) is 32.3. The molecule has 0 aromatic carbocycles. The van der Waals surface area contributed by atoms with Crippen molar-refractivity contribution in [3.05, 3.63) is 25.3 Å². The Bertz CT molecular complexity index is 286. The summed E-state index contributed by atoms with van der Waals surface area (Å²) in [4.78, 5) is 0. The van der Waals surface area contributed by atoms with E-state index in [1.165, 1.54) is 128 Å². The number of allylic oxidation sites excluding steroid dienone is 2. The van der Waals surface area contributed by atoms with Crippen molar-refractivity contribution in [2.75, 3.05) is 0 Å². The summed E-state index contributed by atoms with van der Waals surface area (Å²) in [5, 5.41) is 0. The van der Waals surface area contributed by atoms with Crippen LogP contribution in [0.1, 0.15) is 142 Å². The van der Waals surface area contributed by atoms with Gasteiger partial charge in [0.2, 0.25) is 0 Å². The van der Waals surface area contributed by atoms with E-state index < -0.39 is 0 Å². The molecule has 0 radical (unpaired) electrons. The van der Waals surface area contributed by atoms with Crippen LogP contribution in [0.5, 0.6) is 0 Å². The average Bonchev–Trinajstić information content (AvgIpc) is 2.68. The van der Waals surface area contributed by atoms with E-state index in [0.29, 0.717) is 0 Å². The summed E-state index contributed by atoms with van der Waals surface area (Å²) in [6.45, 7) is 12.5. The maximum atomic E-state index is 3.80. The molecule has 0 heterocycles. The Hall–Kier alpha value is -0.520. The Kier molecular flexibility index (Phi) is 22.3. The van der Waals surface area contributed by atoms with Crippen molar-refractivity contribution in [3.63, 3.8) is 0 Å². The molecule has 0 rings (SSSR count). The van der Waals surface area contributed by atoms with E-state index in [-0.39, 0.29) is 0 Å². The first-order chi connectivity index (χ1) is 13.7. The van der Waals surface area contributed by atoms with Crippen molar-refractivity contribution in [3.8, 4) is 0 Å². The molecule has 0 fully saturated rings. The molecule has 0 saturated carbocycles. The molecule has 0 unspecified atom stereocenters. The van der Waals surface area contributed by atoms with Gasteiger partial charge in [-0.2, -0.15) is 0 Å². The molecule has 28 heavy (non-hydrogen) atoms. The Balaban J connectivity index is 3.46. The van der Waals surface area contributed by atoms with Crippen molar-refractivity contribution < 1.29 is 0 Å². The second-order valence-electron chi connectivity index (χ2n) is 9.39. The van der Waals surface area contributed by atoms with Crippen LogP contribution < -0.4 is 0 Å². The minimum absolute atomic E-state index is 0.870. The molecule has 0 N–H and O–H groups in total. The van der Waals surface area contributed by atoms with E-state index in [4.69, 9.17) is 0 Å². The summed E-state index contributed by atoms with van der Waals surface area (Å²) in [7, 11) is 0. The normalized spacial score (nSPS) is 11.4. The van der Waals surface area contributed by atoms with Crippen LogP contribution in [-0.2, 0) is 0 Å². The molecule has 0 nitrogen and oxygen atoms in total. The van der Waals surface area contributed by atoms with Crippen LogP contribution >= 0.6 is 0 Å². The zero-order valence-corrected chi connectivity index (χ0v) is 19.9. The largest absolute Gasteiger partial charge is 0.103 e. The maximum Gasteiger partial charge on any atom is -0.0353 e. The van der Waals surface area contributed by atoms with E-state index >= 15 is 0 Å². The molecular formula is C28H54. The highest BCUT2D eigenvalue weighted by molar-refractivity contribution is 4.66. The molecule has 0 aromatic rings. The first kappa shape index (κ1) is 27.5. The summed E-state index contributed by atoms with van der Waals surface area (Å²) in [6, 6.07) is 0. The van der Waals surface area contributed by atoms with Gasteiger partial charge >= 0.3 is 0 Å². The molecule has 0 aromatic heterocycles. The third kappa shape index (κ3) is 20.2. The van der Waals surface area contributed by atoms with Gasteiger partial charge in [-0.15, -0.1) is 13.2 Å². The molecule has 0 heteroatoms. The molecule has 166 valence electrons. The van der Waals surface area contributed by atoms with Crippen LogP contribution in [0, 0.1) is 11.8 Å². The van der Waals surface area contributed by atoms with Gasteiger partial charge in [0.25, 0.3) is 0 Å². The fourth-order valence-corrected chi connectivity index (χ4v) is 4.32. The van der Waals surface area contributed by atoms with E-state index in [1.54, 1.807) is 0 Å². The lowest BCUT2D eigenvalue weighted by atomic mass is 9.85. The highest BCUT2D eigenvalue weighted by Crippen LogP contribution is 2.25. The van der Waals surface area contributed by atoms with Crippen LogP contribution in [0.25, 0.3) is 0 Å². The second-order valence-corrected chi connectivity index (χ2v) is 9.39. The fourth-order valence-electron chi connectivity index (χ4n) is 4.32. The lowest BCUT2D eigenvalue weighted by molar-refractivity contribution is 0.312. The zero-order chi connectivity index (χ0) is 20.7. The smallest absolute Gasteiger partial charge is 0.0353 e. The SMILES string of the molecule is C=CCCCCCCCCCCC(CCCCCCCCCCC=C)C(C)C. The highest BCUT2D eigenvalue weighted by Gasteiger charge is 2.12. The molecule has 0 aliphatic rings. The molecule has 0 spiro atoms. The minimum atomic E-state index is 0.870. The molecule has 0 aliphatic carbocycles. The summed E-state index contributed by atoms with van der Waals surface area (Å²) in [5.41, 5.74) is 0. The Morgan fingerprint density at radius 2 is 0.750 bits per heavy atom. The lowest BCUT2D eigenvalue weighted by Gasteiger charge is -2.20. The van der Waals surface area contributed by atoms with Crippen molar-refractivity contribution in [1.29, 1.82) is 0 Å². The van der Waals surface area contributed by atoms with Crippen molar-refractivity contribution in [1.82, 2.24) is 0 Å². The monoisotopic (exact) mass is 390 g/mol. The fraction of sp³-hybridized carbons (Fsp3) is 0.857. The van der Waals surface area contributed by atoms with Gasteiger partial charge in [0.05, 0.1) is 0 Å². The van der Waals surface area contributed by atoms with E-state index in [2.05, 4.69) is 39.2 Å². The summed E-state index contributed by atoms with van der Waals surface area (Å²) < 4.78 is 0. The van der Waals surface area contributed by atoms with Gasteiger partial charge in [0.15, 0.2) is 0 Å². The molecule has 0 atom stereocenters. The first-order valence-corrected chi connectivity index (χ1v) is 12.9. The van der Waals surface area contributed by atoms with Crippen molar-refractivity contribution in [2.24, 2.45) is 11.8 Å². The van der Waals surface area contributed by atoms with E-state index in [0.717, 1.165) is 11.8 Å². The summed E-state index contributed by atoms with van der Waals surface area (Å²) >= 11 is 0. The second kappa shape index (κ2) is 22.8.